The van der Waals surface area contributed by atoms with Crippen LogP contribution in [0.25, 0.3) is 0 Å². The monoisotopic (exact) mass is 383 g/mol. The molecule has 1 fully saturated rings. The normalized spacial score (nSPS) is 15.5. The third-order valence-corrected chi connectivity index (χ3v) is 5.68. The molecular weight excluding hydrogens is 353 g/mol. The molecule has 2 heterocycles. The molecule has 1 amide bonds. The third kappa shape index (κ3) is 5.16. The maximum absolute atomic E-state index is 13.8. The highest BCUT2D eigenvalue weighted by Gasteiger charge is 2.24. The van der Waals surface area contributed by atoms with Crippen molar-refractivity contribution in [2.45, 2.75) is 39.0 Å². The Hall–Kier alpha value is -2.27. The van der Waals surface area contributed by atoms with Gasteiger partial charge in [-0.05, 0) is 63.0 Å². The van der Waals surface area contributed by atoms with Crippen LogP contribution in [-0.2, 0) is 11.2 Å². The van der Waals surface area contributed by atoms with E-state index in [0.717, 1.165) is 50.3 Å². The van der Waals surface area contributed by atoms with Gasteiger partial charge >= 0.3 is 0 Å². The molecule has 1 saturated heterocycles. The number of carbonyl (C=O) groups is 1. The lowest BCUT2D eigenvalue weighted by Gasteiger charge is -2.32. The van der Waals surface area contributed by atoms with Crippen LogP contribution in [0.15, 0.2) is 42.6 Å². The van der Waals surface area contributed by atoms with Crippen molar-refractivity contribution >= 4 is 5.91 Å². The average molecular weight is 384 g/mol. The Morgan fingerprint density at radius 2 is 1.86 bits per heavy atom. The van der Waals surface area contributed by atoms with Crippen LogP contribution in [0, 0.1) is 5.82 Å². The van der Waals surface area contributed by atoms with Crippen LogP contribution in [0.1, 0.15) is 49.4 Å². The predicted molar refractivity (Wildman–Crippen MR) is 110 cm³/mol. The van der Waals surface area contributed by atoms with Gasteiger partial charge in [0.2, 0.25) is 5.91 Å². The van der Waals surface area contributed by atoms with Gasteiger partial charge in [-0.25, -0.2) is 4.39 Å². The fraction of sp³-hybridized carbons (Fsp3) is 0.478. The summed E-state index contributed by atoms with van der Waals surface area (Å²) in [4.78, 5) is 21.1. The number of piperidine rings is 1. The number of pyridine rings is 1. The van der Waals surface area contributed by atoms with E-state index in [1.165, 1.54) is 6.07 Å². The van der Waals surface area contributed by atoms with E-state index in [1.54, 1.807) is 6.07 Å². The standard InChI is InChI=1S/C23H30FN3O/c1-3-27(4-2)23(28)17-26-13-11-19(12-14-26)22-10-9-18(16-25-22)15-20-7-5-6-8-21(20)24/h5-10,16,19H,3-4,11-15,17H2,1-2H3. The van der Waals surface area contributed by atoms with Crippen molar-refractivity contribution < 1.29 is 9.18 Å². The highest BCUT2D eigenvalue weighted by molar-refractivity contribution is 5.78. The SMILES string of the molecule is CCN(CC)C(=O)CN1CCC(c2ccc(Cc3ccccc3F)cn2)CC1. The Labute approximate surface area is 167 Å². The van der Waals surface area contributed by atoms with Crippen molar-refractivity contribution in [2.75, 3.05) is 32.7 Å². The van der Waals surface area contributed by atoms with E-state index in [-0.39, 0.29) is 11.7 Å². The summed E-state index contributed by atoms with van der Waals surface area (Å²) in [5, 5.41) is 0. The summed E-state index contributed by atoms with van der Waals surface area (Å²) in [5.74, 6) is 0.486. The molecule has 1 aromatic carbocycles. The number of halogens is 1. The van der Waals surface area contributed by atoms with Gasteiger partial charge in [0.05, 0.1) is 6.54 Å². The Morgan fingerprint density at radius 3 is 2.46 bits per heavy atom. The van der Waals surface area contributed by atoms with Crippen molar-refractivity contribution in [1.82, 2.24) is 14.8 Å². The molecule has 3 rings (SSSR count). The zero-order valence-electron chi connectivity index (χ0n) is 16.9. The number of carbonyl (C=O) groups excluding carboxylic acids is 1. The summed E-state index contributed by atoms with van der Waals surface area (Å²) in [6, 6.07) is 11.0. The lowest BCUT2D eigenvalue weighted by molar-refractivity contribution is -0.132. The summed E-state index contributed by atoms with van der Waals surface area (Å²) < 4.78 is 13.8. The summed E-state index contributed by atoms with van der Waals surface area (Å²) in [7, 11) is 0. The van der Waals surface area contributed by atoms with E-state index >= 15 is 0 Å². The second-order valence-electron chi connectivity index (χ2n) is 7.48. The largest absolute Gasteiger partial charge is 0.342 e. The van der Waals surface area contributed by atoms with Crippen LogP contribution >= 0.6 is 0 Å². The van der Waals surface area contributed by atoms with Crippen molar-refractivity contribution in [3.05, 3.63) is 65.2 Å². The second-order valence-corrected chi connectivity index (χ2v) is 7.48. The van der Waals surface area contributed by atoms with Crippen LogP contribution in [0.3, 0.4) is 0 Å². The molecule has 0 bridgehead atoms. The number of nitrogens with zero attached hydrogens (tertiary/aromatic N) is 3. The van der Waals surface area contributed by atoms with Gasteiger partial charge in [-0.15, -0.1) is 0 Å². The van der Waals surface area contributed by atoms with Crippen LogP contribution in [0.2, 0.25) is 0 Å². The molecule has 0 unspecified atom stereocenters. The molecule has 1 aliphatic rings. The smallest absolute Gasteiger partial charge is 0.236 e. The minimum Gasteiger partial charge on any atom is -0.342 e. The Morgan fingerprint density at radius 1 is 1.14 bits per heavy atom. The van der Waals surface area contributed by atoms with Crippen molar-refractivity contribution in [3.63, 3.8) is 0 Å². The number of likely N-dealkylation sites (tertiary alicyclic amines) is 1. The quantitative estimate of drug-likeness (QED) is 0.728. The summed E-state index contributed by atoms with van der Waals surface area (Å²) in [5.41, 5.74) is 2.83. The van der Waals surface area contributed by atoms with E-state index in [2.05, 4.69) is 22.0 Å². The molecule has 0 N–H and O–H groups in total. The Bertz CT molecular complexity index is 766. The first-order valence-corrected chi connectivity index (χ1v) is 10.3. The first-order chi connectivity index (χ1) is 13.6. The number of aromatic nitrogens is 1. The maximum atomic E-state index is 13.8. The lowest BCUT2D eigenvalue weighted by Crippen LogP contribution is -2.43. The van der Waals surface area contributed by atoms with Gasteiger partial charge in [0.25, 0.3) is 0 Å². The highest BCUT2D eigenvalue weighted by Crippen LogP contribution is 2.27. The minimum absolute atomic E-state index is 0.168. The number of rotatable bonds is 7. The first kappa shape index (κ1) is 20.5. The molecule has 4 nitrogen and oxygen atoms in total. The molecule has 150 valence electrons. The van der Waals surface area contributed by atoms with Gasteiger partial charge < -0.3 is 4.90 Å². The van der Waals surface area contributed by atoms with Gasteiger partial charge in [0, 0.05) is 37.3 Å². The summed E-state index contributed by atoms with van der Waals surface area (Å²) >= 11 is 0. The number of likely N-dealkylation sites (N-methyl/N-ethyl adjacent to an activating group) is 1. The summed E-state index contributed by atoms with van der Waals surface area (Å²) in [6.45, 7) is 7.96. The van der Waals surface area contributed by atoms with Crippen LogP contribution in [-0.4, -0.2) is 53.4 Å². The molecule has 0 saturated carbocycles. The van der Waals surface area contributed by atoms with Crippen LogP contribution in [0.4, 0.5) is 4.39 Å². The average Bonchev–Trinajstić information content (AvgIpc) is 2.72. The zero-order chi connectivity index (χ0) is 19.9. The lowest BCUT2D eigenvalue weighted by atomic mass is 9.92. The fourth-order valence-electron chi connectivity index (χ4n) is 3.90. The Balaban J connectivity index is 1.52. The molecule has 0 atom stereocenters. The molecule has 28 heavy (non-hydrogen) atoms. The topological polar surface area (TPSA) is 36.4 Å². The molecule has 1 aliphatic heterocycles. The van der Waals surface area contributed by atoms with Crippen molar-refractivity contribution in [1.29, 1.82) is 0 Å². The van der Waals surface area contributed by atoms with Crippen molar-refractivity contribution in [2.24, 2.45) is 0 Å². The maximum Gasteiger partial charge on any atom is 0.236 e. The predicted octanol–water partition coefficient (Wildman–Crippen LogP) is 3.86. The molecule has 0 aliphatic carbocycles. The molecular formula is C23H30FN3O. The van der Waals surface area contributed by atoms with Crippen LogP contribution in [0.5, 0.6) is 0 Å². The van der Waals surface area contributed by atoms with Gasteiger partial charge in [0.15, 0.2) is 0 Å². The molecule has 2 aromatic rings. The molecule has 1 aromatic heterocycles. The van der Waals surface area contributed by atoms with E-state index in [4.69, 9.17) is 0 Å². The second kappa shape index (κ2) is 9.78. The van der Waals surface area contributed by atoms with E-state index in [0.29, 0.717) is 24.4 Å². The number of benzene rings is 1. The van der Waals surface area contributed by atoms with Gasteiger partial charge in [-0.2, -0.15) is 0 Å². The van der Waals surface area contributed by atoms with Gasteiger partial charge in [-0.3, -0.25) is 14.7 Å². The molecule has 0 spiro atoms. The zero-order valence-corrected chi connectivity index (χ0v) is 16.9. The number of amides is 1. The minimum atomic E-state index is -0.168. The van der Waals surface area contributed by atoms with Crippen LogP contribution < -0.4 is 0 Å². The Kier molecular flexibility index (Phi) is 7.15. The highest BCUT2D eigenvalue weighted by atomic mass is 19.1. The fourth-order valence-corrected chi connectivity index (χ4v) is 3.90. The van der Waals surface area contributed by atoms with E-state index in [9.17, 15) is 9.18 Å². The first-order valence-electron chi connectivity index (χ1n) is 10.3. The molecule has 5 heteroatoms. The van der Waals surface area contributed by atoms with Crippen molar-refractivity contribution in [3.8, 4) is 0 Å². The molecule has 0 radical (unpaired) electrons. The van der Waals surface area contributed by atoms with Gasteiger partial charge in [-0.1, -0.05) is 24.3 Å². The summed E-state index contributed by atoms with van der Waals surface area (Å²) in [6.07, 6.45) is 4.47. The number of hydrogen-bond acceptors (Lipinski definition) is 3. The third-order valence-electron chi connectivity index (χ3n) is 5.68. The van der Waals surface area contributed by atoms with Gasteiger partial charge in [0.1, 0.15) is 5.82 Å². The van der Waals surface area contributed by atoms with E-state index < -0.39 is 0 Å². The number of hydrogen-bond donors (Lipinski definition) is 0. The van der Waals surface area contributed by atoms with E-state index in [1.807, 2.05) is 37.1 Å².